The number of ether oxygens (including phenoxy) is 2. The van der Waals surface area contributed by atoms with E-state index in [1.807, 2.05) is 68.4 Å². The van der Waals surface area contributed by atoms with Crippen LogP contribution in [-0.4, -0.2) is 19.4 Å². The van der Waals surface area contributed by atoms with Gasteiger partial charge >= 0.3 is 6.03 Å². The number of nitrogens with zero attached hydrogens (tertiary/aromatic N) is 1. The van der Waals surface area contributed by atoms with Crippen LogP contribution in [-0.2, 0) is 6.61 Å². The highest BCUT2D eigenvalue weighted by molar-refractivity contribution is 5.91. The van der Waals surface area contributed by atoms with Gasteiger partial charge < -0.3 is 14.8 Å². The molecule has 2 N–H and O–H groups in total. The fourth-order valence-corrected chi connectivity index (χ4v) is 2.88. The van der Waals surface area contributed by atoms with E-state index in [0.717, 1.165) is 22.4 Å². The fraction of sp³-hybridized carbons (Fsp3) is 0.167. The molecule has 0 heterocycles. The third-order valence-electron chi connectivity index (χ3n) is 4.44. The third kappa shape index (κ3) is 5.85. The van der Waals surface area contributed by atoms with Gasteiger partial charge in [0.05, 0.1) is 13.3 Å². The van der Waals surface area contributed by atoms with E-state index in [-0.39, 0.29) is 0 Å². The lowest BCUT2D eigenvalue weighted by molar-refractivity contribution is 0.252. The van der Waals surface area contributed by atoms with Crippen molar-refractivity contribution in [2.45, 2.75) is 20.5 Å². The summed E-state index contributed by atoms with van der Waals surface area (Å²) in [7, 11) is 1.59. The Kier molecular flexibility index (Phi) is 7.05. The molecule has 2 amide bonds. The highest BCUT2D eigenvalue weighted by Crippen LogP contribution is 2.28. The molecule has 0 spiro atoms. The molecular formula is C24H25N3O3. The first kappa shape index (κ1) is 20.9. The number of hydrogen-bond donors (Lipinski definition) is 2. The minimum atomic E-state index is -0.411. The topological polar surface area (TPSA) is 72.0 Å². The second-order valence-electron chi connectivity index (χ2n) is 6.83. The molecular weight excluding hydrogens is 378 g/mol. The van der Waals surface area contributed by atoms with Gasteiger partial charge in [-0.2, -0.15) is 5.10 Å². The summed E-state index contributed by atoms with van der Waals surface area (Å²) in [6, 6.07) is 20.8. The zero-order valence-corrected chi connectivity index (χ0v) is 17.3. The van der Waals surface area contributed by atoms with Crippen LogP contribution in [0.3, 0.4) is 0 Å². The van der Waals surface area contributed by atoms with E-state index in [4.69, 9.17) is 9.47 Å². The Hall–Kier alpha value is -3.80. The Balaban J connectivity index is 1.58. The Morgan fingerprint density at radius 3 is 2.60 bits per heavy atom. The van der Waals surface area contributed by atoms with Crippen molar-refractivity contribution < 1.29 is 14.3 Å². The van der Waals surface area contributed by atoms with Crippen molar-refractivity contribution in [2.24, 2.45) is 5.10 Å². The molecule has 0 radical (unpaired) electrons. The maximum absolute atomic E-state index is 12.0. The number of amides is 2. The van der Waals surface area contributed by atoms with Crippen molar-refractivity contribution in [1.29, 1.82) is 0 Å². The molecule has 0 atom stereocenters. The second kappa shape index (κ2) is 10.1. The summed E-state index contributed by atoms with van der Waals surface area (Å²) in [5, 5.41) is 6.75. The van der Waals surface area contributed by atoms with Crippen LogP contribution in [0.5, 0.6) is 11.5 Å². The quantitative estimate of drug-likeness (QED) is 0.428. The first-order valence-electron chi connectivity index (χ1n) is 9.57. The van der Waals surface area contributed by atoms with Crippen LogP contribution in [0.25, 0.3) is 0 Å². The summed E-state index contributed by atoms with van der Waals surface area (Å²) < 4.78 is 11.3. The maximum atomic E-state index is 12.0. The number of anilines is 1. The number of carbonyl (C=O) groups is 1. The molecule has 0 saturated carbocycles. The molecule has 6 heteroatoms. The Bertz CT molecular complexity index is 1050. The number of para-hydroxylation sites is 1. The number of carbonyl (C=O) groups excluding carboxylic acids is 1. The number of aryl methyl sites for hydroxylation is 2. The Morgan fingerprint density at radius 2 is 1.83 bits per heavy atom. The molecule has 0 unspecified atom stereocenters. The summed E-state index contributed by atoms with van der Waals surface area (Å²) in [5.74, 6) is 1.23. The molecule has 3 rings (SSSR count). The van der Waals surface area contributed by atoms with E-state index in [0.29, 0.717) is 18.1 Å². The van der Waals surface area contributed by atoms with Crippen LogP contribution in [0.1, 0.15) is 22.3 Å². The van der Waals surface area contributed by atoms with E-state index >= 15 is 0 Å². The number of hydrazone groups is 1. The predicted molar refractivity (Wildman–Crippen MR) is 119 cm³/mol. The molecule has 0 bridgehead atoms. The highest BCUT2D eigenvalue weighted by Gasteiger charge is 2.06. The summed E-state index contributed by atoms with van der Waals surface area (Å²) in [4.78, 5) is 12.0. The molecule has 0 aliphatic heterocycles. The lowest BCUT2D eigenvalue weighted by atomic mass is 10.1. The van der Waals surface area contributed by atoms with Gasteiger partial charge in [0.1, 0.15) is 6.61 Å². The van der Waals surface area contributed by atoms with Crippen LogP contribution < -0.4 is 20.2 Å². The minimum absolute atomic E-state index is 0.411. The zero-order valence-electron chi connectivity index (χ0n) is 17.3. The van der Waals surface area contributed by atoms with Crippen molar-refractivity contribution in [1.82, 2.24) is 5.43 Å². The van der Waals surface area contributed by atoms with Gasteiger partial charge in [0, 0.05) is 5.69 Å². The number of hydrogen-bond acceptors (Lipinski definition) is 4. The average Bonchev–Trinajstić information content (AvgIpc) is 2.74. The van der Waals surface area contributed by atoms with Gasteiger partial charge in [-0.15, -0.1) is 0 Å². The lowest BCUT2D eigenvalue weighted by Crippen LogP contribution is -2.24. The van der Waals surface area contributed by atoms with Crippen molar-refractivity contribution in [3.05, 3.63) is 89.0 Å². The molecule has 3 aromatic carbocycles. The normalized spacial score (nSPS) is 10.6. The molecule has 0 aliphatic carbocycles. The molecule has 0 fully saturated rings. The van der Waals surface area contributed by atoms with Crippen molar-refractivity contribution in [3.63, 3.8) is 0 Å². The minimum Gasteiger partial charge on any atom is -0.493 e. The smallest absolute Gasteiger partial charge is 0.339 e. The average molecular weight is 403 g/mol. The number of methoxy groups -OCH3 is 1. The van der Waals surface area contributed by atoms with Gasteiger partial charge in [-0.3, -0.25) is 0 Å². The van der Waals surface area contributed by atoms with E-state index in [1.165, 1.54) is 5.56 Å². The van der Waals surface area contributed by atoms with Gasteiger partial charge in [-0.25, -0.2) is 10.2 Å². The largest absolute Gasteiger partial charge is 0.493 e. The van der Waals surface area contributed by atoms with Gasteiger partial charge in [0.15, 0.2) is 11.5 Å². The fourth-order valence-electron chi connectivity index (χ4n) is 2.88. The maximum Gasteiger partial charge on any atom is 0.339 e. The van der Waals surface area contributed by atoms with Gasteiger partial charge in [0.25, 0.3) is 0 Å². The highest BCUT2D eigenvalue weighted by atomic mass is 16.5. The summed E-state index contributed by atoms with van der Waals surface area (Å²) in [6.07, 6.45) is 1.55. The van der Waals surface area contributed by atoms with Crippen LogP contribution in [0.4, 0.5) is 10.5 Å². The number of rotatable bonds is 7. The molecule has 0 aromatic heterocycles. The monoisotopic (exact) mass is 403 g/mol. The molecule has 154 valence electrons. The number of benzene rings is 3. The summed E-state index contributed by atoms with van der Waals surface area (Å²) >= 11 is 0. The number of nitrogens with one attached hydrogen (secondary N) is 2. The predicted octanol–water partition coefficient (Wildman–Crippen LogP) is 5.05. The van der Waals surface area contributed by atoms with E-state index in [1.54, 1.807) is 19.4 Å². The van der Waals surface area contributed by atoms with Crippen molar-refractivity contribution in [3.8, 4) is 11.5 Å². The molecule has 0 saturated heterocycles. The molecule has 30 heavy (non-hydrogen) atoms. The third-order valence-corrected chi connectivity index (χ3v) is 4.44. The van der Waals surface area contributed by atoms with Gasteiger partial charge in [0.2, 0.25) is 0 Å². The Labute approximate surface area is 176 Å². The van der Waals surface area contributed by atoms with E-state index in [2.05, 4.69) is 21.9 Å². The SMILES string of the molecule is COc1cc(C=NNC(=O)Nc2ccccc2C)ccc1OCc1cccc(C)c1. The second-order valence-corrected chi connectivity index (χ2v) is 6.83. The lowest BCUT2D eigenvalue weighted by Gasteiger charge is -2.11. The molecule has 6 nitrogen and oxygen atoms in total. The Morgan fingerprint density at radius 1 is 1.00 bits per heavy atom. The van der Waals surface area contributed by atoms with Gasteiger partial charge in [-0.1, -0.05) is 48.0 Å². The molecule has 0 aliphatic rings. The van der Waals surface area contributed by atoms with Crippen molar-refractivity contribution >= 4 is 17.9 Å². The van der Waals surface area contributed by atoms with E-state index < -0.39 is 6.03 Å². The summed E-state index contributed by atoms with van der Waals surface area (Å²) in [6.45, 7) is 4.42. The van der Waals surface area contributed by atoms with E-state index in [9.17, 15) is 4.79 Å². The van der Waals surface area contributed by atoms with Crippen molar-refractivity contribution in [2.75, 3.05) is 12.4 Å². The van der Waals surface area contributed by atoms with Crippen LogP contribution in [0, 0.1) is 13.8 Å². The van der Waals surface area contributed by atoms with Crippen LogP contribution >= 0.6 is 0 Å². The first-order valence-corrected chi connectivity index (χ1v) is 9.57. The number of urea groups is 1. The van der Waals surface area contributed by atoms with Crippen LogP contribution in [0.2, 0.25) is 0 Å². The zero-order chi connectivity index (χ0) is 21.3. The van der Waals surface area contributed by atoms with Gasteiger partial charge in [-0.05, 0) is 54.8 Å². The van der Waals surface area contributed by atoms with Crippen LogP contribution in [0.15, 0.2) is 71.8 Å². The standard InChI is InChI=1S/C24H25N3O3/c1-17-7-6-9-20(13-17)16-30-22-12-11-19(14-23(22)29-3)15-25-27-24(28)26-21-10-5-4-8-18(21)2/h4-15H,16H2,1-3H3,(H2,26,27,28). The first-order chi connectivity index (χ1) is 14.5. The summed E-state index contributed by atoms with van der Waals surface area (Å²) in [5.41, 5.74) is 7.22. The molecule has 3 aromatic rings.